The van der Waals surface area contributed by atoms with Gasteiger partial charge in [-0.2, -0.15) is 0 Å². The number of hydrogen-bond donors (Lipinski definition) is 1. The molecule has 0 spiro atoms. The van der Waals surface area contributed by atoms with Gasteiger partial charge in [-0.25, -0.2) is 9.07 Å². The van der Waals surface area contributed by atoms with Gasteiger partial charge >= 0.3 is 0 Å². The average Bonchev–Trinajstić information content (AvgIpc) is 3.61. The number of hydrogen-bond acceptors (Lipinski definition) is 6. The summed E-state index contributed by atoms with van der Waals surface area (Å²) in [6.07, 6.45) is 1.60. The molecule has 5 rings (SSSR count). The van der Waals surface area contributed by atoms with Gasteiger partial charge in [0.25, 0.3) is 0 Å². The number of amides is 2. The van der Waals surface area contributed by atoms with Gasteiger partial charge in [0, 0.05) is 18.7 Å². The molecule has 1 aliphatic rings. The van der Waals surface area contributed by atoms with E-state index < -0.39 is 23.7 Å². The molecule has 9 nitrogen and oxygen atoms in total. The number of aromatic nitrogens is 3. The quantitative estimate of drug-likeness (QED) is 0.364. The molecule has 38 heavy (non-hydrogen) atoms. The van der Waals surface area contributed by atoms with E-state index in [2.05, 4.69) is 15.6 Å². The van der Waals surface area contributed by atoms with Crippen molar-refractivity contribution in [1.82, 2.24) is 20.3 Å². The van der Waals surface area contributed by atoms with Crippen molar-refractivity contribution in [3.63, 3.8) is 0 Å². The van der Waals surface area contributed by atoms with Crippen LogP contribution in [0.4, 0.5) is 10.1 Å². The van der Waals surface area contributed by atoms with Crippen LogP contribution >= 0.6 is 0 Å². The molecule has 3 aromatic carbocycles. The molecule has 0 bridgehead atoms. The minimum atomic E-state index is -1.32. The van der Waals surface area contributed by atoms with Crippen LogP contribution in [0.25, 0.3) is 11.0 Å². The van der Waals surface area contributed by atoms with Crippen molar-refractivity contribution in [3.8, 4) is 5.75 Å². The van der Waals surface area contributed by atoms with Gasteiger partial charge < -0.3 is 14.8 Å². The SMILES string of the molecule is COc1ccccc1N(C(=O)Cn1nnc2ccccc21)[C@H](C(=O)NC[C@@H]1CCCO1)c1ccccc1F. The van der Waals surface area contributed by atoms with Crippen LogP contribution < -0.4 is 15.0 Å². The Balaban J connectivity index is 1.58. The van der Waals surface area contributed by atoms with Gasteiger partial charge in [0.05, 0.1) is 24.4 Å². The van der Waals surface area contributed by atoms with Gasteiger partial charge in [-0.3, -0.25) is 14.5 Å². The lowest BCUT2D eigenvalue weighted by Gasteiger charge is -2.32. The number of nitrogens with zero attached hydrogens (tertiary/aromatic N) is 4. The molecule has 2 amide bonds. The Labute approximate surface area is 219 Å². The molecule has 0 aliphatic carbocycles. The summed E-state index contributed by atoms with van der Waals surface area (Å²) in [5.41, 5.74) is 1.67. The standard InChI is InChI=1S/C28H28FN5O4/c1-37-25-15-7-6-14-24(25)34(26(35)18-33-23-13-5-4-12-22(23)31-32-33)27(20-10-2-3-11-21(20)29)28(36)30-17-19-9-8-16-38-19/h2-7,10-15,19,27H,8-9,16-18H2,1H3,(H,30,36)/t19-,27-/m0/s1. The van der Waals surface area contributed by atoms with E-state index in [1.807, 2.05) is 12.1 Å². The van der Waals surface area contributed by atoms with Crippen molar-refractivity contribution in [2.24, 2.45) is 0 Å². The zero-order valence-electron chi connectivity index (χ0n) is 20.9. The molecule has 1 N–H and O–H groups in total. The summed E-state index contributed by atoms with van der Waals surface area (Å²) in [5.74, 6) is -1.28. The normalized spacial score (nSPS) is 15.8. The number of methoxy groups -OCH3 is 1. The molecule has 196 valence electrons. The third kappa shape index (κ3) is 5.21. The Morgan fingerprint density at radius 1 is 1.13 bits per heavy atom. The second kappa shape index (κ2) is 11.4. The Kier molecular flexibility index (Phi) is 7.60. The number of halogens is 1. The first kappa shape index (κ1) is 25.3. The third-order valence-electron chi connectivity index (χ3n) is 6.55. The van der Waals surface area contributed by atoms with Gasteiger partial charge in [0.15, 0.2) is 0 Å². The molecule has 1 fully saturated rings. The Bertz CT molecular complexity index is 1440. The fraction of sp³-hybridized carbons (Fsp3) is 0.286. The van der Waals surface area contributed by atoms with Crippen LogP contribution in [0.1, 0.15) is 24.4 Å². The molecule has 4 aromatic rings. The Morgan fingerprint density at radius 3 is 2.68 bits per heavy atom. The lowest BCUT2D eigenvalue weighted by molar-refractivity contribution is -0.127. The highest BCUT2D eigenvalue weighted by atomic mass is 19.1. The zero-order valence-corrected chi connectivity index (χ0v) is 20.9. The van der Waals surface area contributed by atoms with Crippen LogP contribution in [0.5, 0.6) is 5.75 Å². The number of fused-ring (bicyclic) bond motifs is 1. The van der Waals surface area contributed by atoms with E-state index in [-0.39, 0.29) is 24.8 Å². The van der Waals surface area contributed by atoms with Crippen molar-refractivity contribution in [1.29, 1.82) is 0 Å². The highest BCUT2D eigenvalue weighted by Crippen LogP contribution is 2.36. The van der Waals surface area contributed by atoms with E-state index in [4.69, 9.17) is 9.47 Å². The molecule has 0 saturated carbocycles. The number of anilines is 1. The fourth-order valence-electron chi connectivity index (χ4n) is 4.70. The lowest BCUT2D eigenvalue weighted by atomic mass is 10.0. The number of rotatable bonds is 9. The van der Waals surface area contributed by atoms with Crippen molar-refractivity contribution in [2.75, 3.05) is 25.2 Å². The summed E-state index contributed by atoms with van der Waals surface area (Å²) in [6.45, 7) is 0.656. The van der Waals surface area contributed by atoms with Crippen molar-refractivity contribution in [3.05, 3.63) is 84.2 Å². The lowest BCUT2D eigenvalue weighted by Crippen LogP contribution is -2.47. The zero-order chi connectivity index (χ0) is 26.5. The van der Waals surface area contributed by atoms with E-state index in [1.165, 1.54) is 34.9 Å². The fourth-order valence-corrected chi connectivity index (χ4v) is 4.70. The number of ether oxygens (including phenoxy) is 2. The summed E-state index contributed by atoms with van der Waals surface area (Å²) in [6, 6.07) is 18.7. The van der Waals surface area contributed by atoms with E-state index in [0.717, 1.165) is 12.8 Å². The van der Waals surface area contributed by atoms with Crippen LogP contribution in [0, 0.1) is 5.82 Å². The summed E-state index contributed by atoms with van der Waals surface area (Å²) >= 11 is 0. The number of nitrogens with one attached hydrogen (secondary N) is 1. The van der Waals surface area contributed by atoms with Crippen LogP contribution in [0.15, 0.2) is 72.8 Å². The largest absolute Gasteiger partial charge is 0.495 e. The first-order valence-corrected chi connectivity index (χ1v) is 12.4. The van der Waals surface area contributed by atoms with Gasteiger partial charge in [-0.15, -0.1) is 5.10 Å². The maximum Gasteiger partial charge on any atom is 0.249 e. The molecular weight excluding hydrogens is 489 g/mol. The number of benzene rings is 3. The second-order valence-electron chi connectivity index (χ2n) is 8.98. The summed E-state index contributed by atoms with van der Waals surface area (Å²) in [4.78, 5) is 29.1. The smallest absolute Gasteiger partial charge is 0.249 e. The van der Waals surface area contributed by atoms with E-state index in [9.17, 15) is 9.59 Å². The first-order chi connectivity index (χ1) is 18.6. The van der Waals surface area contributed by atoms with Crippen molar-refractivity contribution < 1.29 is 23.5 Å². The minimum Gasteiger partial charge on any atom is -0.495 e. The molecule has 1 aromatic heterocycles. The van der Waals surface area contributed by atoms with E-state index >= 15 is 4.39 Å². The third-order valence-corrected chi connectivity index (χ3v) is 6.55. The second-order valence-corrected chi connectivity index (χ2v) is 8.98. The van der Waals surface area contributed by atoms with Gasteiger partial charge in [0.2, 0.25) is 11.8 Å². The average molecular weight is 518 g/mol. The van der Waals surface area contributed by atoms with Gasteiger partial charge in [0.1, 0.15) is 29.7 Å². The molecule has 0 unspecified atom stereocenters. The molecular formula is C28H28FN5O4. The summed E-state index contributed by atoms with van der Waals surface area (Å²) in [7, 11) is 1.47. The highest BCUT2D eigenvalue weighted by Gasteiger charge is 2.36. The number of para-hydroxylation sites is 3. The molecule has 2 heterocycles. The van der Waals surface area contributed by atoms with Crippen LogP contribution in [0.2, 0.25) is 0 Å². The maximum absolute atomic E-state index is 15.2. The van der Waals surface area contributed by atoms with E-state index in [0.29, 0.717) is 29.1 Å². The van der Waals surface area contributed by atoms with Crippen molar-refractivity contribution in [2.45, 2.75) is 31.5 Å². The van der Waals surface area contributed by atoms with E-state index in [1.54, 1.807) is 42.5 Å². The summed E-state index contributed by atoms with van der Waals surface area (Å²) < 4.78 is 27.9. The van der Waals surface area contributed by atoms with Crippen LogP contribution in [0.3, 0.4) is 0 Å². The topological polar surface area (TPSA) is 98.6 Å². The summed E-state index contributed by atoms with van der Waals surface area (Å²) in [5, 5.41) is 11.1. The van der Waals surface area contributed by atoms with Crippen LogP contribution in [-0.4, -0.2) is 53.2 Å². The van der Waals surface area contributed by atoms with Gasteiger partial charge in [-0.05, 0) is 43.2 Å². The Hall–Kier alpha value is -4.31. The molecule has 1 saturated heterocycles. The first-order valence-electron chi connectivity index (χ1n) is 12.4. The highest BCUT2D eigenvalue weighted by molar-refractivity contribution is 6.02. The van der Waals surface area contributed by atoms with Crippen molar-refractivity contribution >= 4 is 28.5 Å². The molecule has 10 heteroatoms. The number of carbonyl (C=O) groups is 2. The molecule has 1 aliphatic heterocycles. The molecule has 0 radical (unpaired) electrons. The Morgan fingerprint density at radius 2 is 1.89 bits per heavy atom. The van der Waals surface area contributed by atoms with Crippen LogP contribution in [-0.2, 0) is 20.9 Å². The number of carbonyl (C=O) groups excluding carboxylic acids is 2. The predicted molar refractivity (Wildman–Crippen MR) is 139 cm³/mol. The monoisotopic (exact) mass is 517 g/mol. The maximum atomic E-state index is 15.2. The predicted octanol–water partition coefficient (Wildman–Crippen LogP) is 3.65. The van der Waals surface area contributed by atoms with Gasteiger partial charge in [-0.1, -0.05) is 47.7 Å². The molecule has 2 atom stereocenters. The minimum absolute atomic E-state index is 0.0556.